The third-order valence-corrected chi connectivity index (χ3v) is 3.71. The first-order chi connectivity index (χ1) is 8.08. The van der Waals surface area contributed by atoms with E-state index in [2.05, 4.69) is 0 Å². The highest BCUT2D eigenvalue weighted by atomic mass is 16.5. The van der Waals surface area contributed by atoms with Gasteiger partial charge in [0.25, 0.3) is 0 Å². The van der Waals surface area contributed by atoms with Crippen LogP contribution in [0.4, 0.5) is 0 Å². The second kappa shape index (κ2) is 5.04. The standard InChI is InChI=1S/C12H19NO4/c1-8-6-13(7-10(8)12(15)16)11(14)5-9-3-2-4-17-9/h8-10H,2-7H2,1H3,(H,15,16)/t8-,9?,10-/m1/s1. The predicted molar refractivity (Wildman–Crippen MR) is 60.5 cm³/mol. The molecule has 1 N–H and O–H groups in total. The minimum atomic E-state index is -0.801. The summed E-state index contributed by atoms with van der Waals surface area (Å²) in [5, 5.41) is 9.00. The zero-order valence-corrected chi connectivity index (χ0v) is 10.1. The lowest BCUT2D eigenvalue weighted by Crippen LogP contribution is -2.32. The molecule has 17 heavy (non-hydrogen) atoms. The summed E-state index contributed by atoms with van der Waals surface area (Å²) in [5.74, 6) is -1.14. The summed E-state index contributed by atoms with van der Waals surface area (Å²) in [6, 6.07) is 0. The zero-order valence-electron chi connectivity index (χ0n) is 10.1. The Morgan fingerprint density at radius 1 is 1.41 bits per heavy atom. The summed E-state index contributed by atoms with van der Waals surface area (Å²) < 4.78 is 5.42. The van der Waals surface area contributed by atoms with Gasteiger partial charge in [-0.3, -0.25) is 9.59 Å². The largest absolute Gasteiger partial charge is 0.481 e. The topological polar surface area (TPSA) is 66.8 Å². The second-order valence-electron chi connectivity index (χ2n) is 5.06. The summed E-state index contributed by atoms with van der Waals surface area (Å²) in [5.41, 5.74) is 0. The molecule has 0 spiro atoms. The Morgan fingerprint density at radius 3 is 2.71 bits per heavy atom. The van der Waals surface area contributed by atoms with Crippen LogP contribution < -0.4 is 0 Å². The number of carbonyl (C=O) groups excluding carboxylic acids is 1. The van der Waals surface area contributed by atoms with Crippen molar-refractivity contribution in [2.75, 3.05) is 19.7 Å². The van der Waals surface area contributed by atoms with Crippen molar-refractivity contribution in [1.29, 1.82) is 0 Å². The van der Waals surface area contributed by atoms with Crippen molar-refractivity contribution >= 4 is 11.9 Å². The van der Waals surface area contributed by atoms with Crippen LogP contribution in [0.3, 0.4) is 0 Å². The van der Waals surface area contributed by atoms with E-state index in [1.807, 2.05) is 6.92 Å². The van der Waals surface area contributed by atoms with E-state index in [0.29, 0.717) is 19.5 Å². The van der Waals surface area contributed by atoms with E-state index < -0.39 is 11.9 Å². The number of carboxylic acids is 1. The molecule has 2 fully saturated rings. The molecule has 0 radical (unpaired) electrons. The lowest BCUT2D eigenvalue weighted by Gasteiger charge is -2.18. The number of ether oxygens (including phenoxy) is 1. The van der Waals surface area contributed by atoms with Gasteiger partial charge < -0.3 is 14.7 Å². The van der Waals surface area contributed by atoms with Crippen LogP contribution in [0.1, 0.15) is 26.2 Å². The molecule has 0 bridgehead atoms. The number of hydrogen-bond acceptors (Lipinski definition) is 3. The van der Waals surface area contributed by atoms with Crippen LogP contribution in [0.5, 0.6) is 0 Å². The first-order valence-electron chi connectivity index (χ1n) is 6.20. The Labute approximate surface area is 101 Å². The molecule has 2 rings (SSSR count). The normalized spacial score (nSPS) is 33.0. The molecular weight excluding hydrogens is 222 g/mol. The van der Waals surface area contributed by atoms with Gasteiger partial charge in [0.1, 0.15) is 0 Å². The fraction of sp³-hybridized carbons (Fsp3) is 0.833. The molecule has 2 saturated heterocycles. The third-order valence-electron chi connectivity index (χ3n) is 3.71. The number of nitrogens with zero attached hydrogens (tertiary/aromatic N) is 1. The molecule has 3 atom stereocenters. The maximum Gasteiger partial charge on any atom is 0.308 e. The Morgan fingerprint density at radius 2 is 2.18 bits per heavy atom. The number of aliphatic carboxylic acids is 1. The highest BCUT2D eigenvalue weighted by Crippen LogP contribution is 2.25. The molecule has 1 amide bonds. The van der Waals surface area contributed by atoms with Gasteiger partial charge in [-0.05, 0) is 18.8 Å². The zero-order chi connectivity index (χ0) is 12.4. The first kappa shape index (κ1) is 12.4. The van der Waals surface area contributed by atoms with E-state index in [1.165, 1.54) is 0 Å². The summed E-state index contributed by atoms with van der Waals surface area (Å²) in [4.78, 5) is 24.6. The van der Waals surface area contributed by atoms with Crippen LogP contribution in [-0.4, -0.2) is 47.7 Å². The van der Waals surface area contributed by atoms with Crippen LogP contribution in [0.2, 0.25) is 0 Å². The molecule has 2 aliphatic heterocycles. The van der Waals surface area contributed by atoms with Crippen molar-refractivity contribution in [3.8, 4) is 0 Å². The van der Waals surface area contributed by atoms with E-state index in [1.54, 1.807) is 4.90 Å². The van der Waals surface area contributed by atoms with Crippen molar-refractivity contribution in [1.82, 2.24) is 4.90 Å². The van der Waals surface area contributed by atoms with Gasteiger partial charge in [-0.2, -0.15) is 0 Å². The van der Waals surface area contributed by atoms with Crippen molar-refractivity contribution in [2.24, 2.45) is 11.8 Å². The van der Waals surface area contributed by atoms with Crippen molar-refractivity contribution in [2.45, 2.75) is 32.3 Å². The molecule has 5 nitrogen and oxygen atoms in total. The molecule has 2 heterocycles. The minimum absolute atomic E-state index is 0.0347. The smallest absolute Gasteiger partial charge is 0.308 e. The van der Waals surface area contributed by atoms with Gasteiger partial charge in [-0.15, -0.1) is 0 Å². The number of hydrogen-bond donors (Lipinski definition) is 1. The van der Waals surface area contributed by atoms with E-state index in [-0.39, 0.29) is 17.9 Å². The van der Waals surface area contributed by atoms with Gasteiger partial charge in [0.15, 0.2) is 0 Å². The number of likely N-dealkylation sites (tertiary alicyclic amines) is 1. The van der Waals surface area contributed by atoms with Gasteiger partial charge in [0.05, 0.1) is 18.4 Å². The van der Waals surface area contributed by atoms with Crippen LogP contribution >= 0.6 is 0 Å². The minimum Gasteiger partial charge on any atom is -0.481 e. The molecule has 0 saturated carbocycles. The summed E-state index contributed by atoms with van der Waals surface area (Å²) in [7, 11) is 0. The van der Waals surface area contributed by atoms with E-state index in [4.69, 9.17) is 9.84 Å². The fourth-order valence-corrected chi connectivity index (χ4v) is 2.62. The molecule has 5 heteroatoms. The monoisotopic (exact) mass is 241 g/mol. The molecule has 0 aliphatic carbocycles. The Bertz CT molecular complexity index is 312. The Kier molecular flexibility index (Phi) is 3.66. The highest BCUT2D eigenvalue weighted by Gasteiger charge is 2.37. The van der Waals surface area contributed by atoms with E-state index >= 15 is 0 Å². The van der Waals surface area contributed by atoms with Gasteiger partial charge in [-0.25, -0.2) is 0 Å². The maximum absolute atomic E-state index is 12.0. The molecule has 1 unspecified atom stereocenters. The lowest BCUT2D eigenvalue weighted by atomic mass is 9.99. The number of rotatable bonds is 3. The summed E-state index contributed by atoms with van der Waals surface area (Å²) in [6.45, 7) is 3.54. The number of carboxylic acid groups (broad SMARTS) is 1. The summed E-state index contributed by atoms with van der Waals surface area (Å²) in [6.07, 6.45) is 2.41. The van der Waals surface area contributed by atoms with Gasteiger partial charge >= 0.3 is 5.97 Å². The van der Waals surface area contributed by atoms with Crippen LogP contribution in [0.25, 0.3) is 0 Å². The second-order valence-corrected chi connectivity index (χ2v) is 5.06. The third kappa shape index (κ3) is 2.77. The number of amides is 1. The molecule has 2 aliphatic rings. The first-order valence-corrected chi connectivity index (χ1v) is 6.20. The van der Waals surface area contributed by atoms with Crippen molar-refractivity contribution < 1.29 is 19.4 Å². The van der Waals surface area contributed by atoms with Crippen LogP contribution in [0.15, 0.2) is 0 Å². The fourth-order valence-electron chi connectivity index (χ4n) is 2.62. The van der Waals surface area contributed by atoms with E-state index in [9.17, 15) is 9.59 Å². The van der Waals surface area contributed by atoms with Crippen molar-refractivity contribution in [3.05, 3.63) is 0 Å². The average Bonchev–Trinajstić information content (AvgIpc) is 2.86. The van der Waals surface area contributed by atoms with E-state index in [0.717, 1.165) is 19.4 Å². The molecule has 0 aromatic rings. The van der Waals surface area contributed by atoms with Gasteiger partial charge in [0, 0.05) is 19.7 Å². The average molecular weight is 241 g/mol. The quantitative estimate of drug-likeness (QED) is 0.791. The summed E-state index contributed by atoms with van der Waals surface area (Å²) >= 11 is 0. The molecule has 0 aromatic carbocycles. The Balaban J connectivity index is 1.86. The molecular formula is C12H19NO4. The molecule has 96 valence electrons. The van der Waals surface area contributed by atoms with Crippen LogP contribution in [0, 0.1) is 11.8 Å². The van der Waals surface area contributed by atoms with Gasteiger partial charge in [-0.1, -0.05) is 6.92 Å². The Hall–Kier alpha value is -1.10. The molecule has 0 aromatic heterocycles. The highest BCUT2D eigenvalue weighted by molar-refractivity contribution is 5.79. The number of carbonyl (C=O) groups is 2. The lowest BCUT2D eigenvalue weighted by molar-refractivity contribution is -0.142. The maximum atomic E-state index is 12.0. The van der Waals surface area contributed by atoms with Crippen molar-refractivity contribution in [3.63, 3.8) is 0 Å². The predicted octanol–water partition coefficient (Wildman–Crippen LogP) is 0.735. The van der Waals surface area contributed by atoms with Gasteiger partial charge in [0.2, 0.25) is 5.91 Å². The SMILES string of the molecule is C[C@@H]1CN(C(=O)CC2CCCO2)C[C@H]1C(=O)O. The van der Waals surface area contributed by atoms with Crippen LogP contribution in [-0.2, 0) is 14.3 Å².